The van der Waals surface area contributed by atoms with Gasteiger partial charge in [-0.25, -0.2) is 8.42 Å². The number of benzene rings is 3. The Morgan fingerprint density at radius 3 is 2.21 bits per heavy atom. The van der Waals surface area contributed by atoms with Gasteiger partial charge in [-0.1, -0.05) is 60.8 Å². The van der Waals surface area contributed by atoms with Gasteiger partial charge < -0.3 is 19.7 Å². The maximum atomic E-state index is 14.1. The summed E-state index contributed by atoms with van der Waals surface area (Å²) in [7, 11) is -1.45. The summed E-state index contributed by atoms with van der Waals surface area (Å²) in [4.78, 5) is 28.5. The second kappa shape index (κ2) is 15.1. The van der Waals surface area contributed by atoms with Crippen LogP contribution in [0.5, 0.6) is 11.5 Å². The molecule has 0 unspecified atom stereocenters. The van der Waals surface area contributed by atoms with Crippen LogP contribution in [0.25, 0.3) is 0 Å². The van der Waals surface area contributed by atoms with Gasteiger partial charge in [-0.3, -0.25) is 13.9 Å². The minimum atomic E-state index is -4.30. The smallest absolute Gasteiger partial charge is 0.264 e. The summed E-state index contributed by atoms with van der Waals surface area (Å²) < 4.78 is 39.9. The molecule has 3 rings (SSSR count). The molecule has 3 aromatic rings. The van der Waals surface area contributed by atoms with Crippen LogP contribution >= 0.6 is 23.2 Å². The summed E-state index contributed by atoms with van der Waals surface area (Å²) in [5.74, 6) is -0.492. The number of methoxy groups -OCH3 is 2. The molecule has 0 aliphatic rings. The molecule has 226 valence electrons. The van der Waals surface area contributed by atoms with Gasteiger partial charge in [-0.15, -0.1) is 0 Å². The predicted molar refractivity (Wildman–Crippen MR) is 165 cm³/mol. The predicted octanol–water partition coefficient (Wildman–Crippen LogP) is 5.54. The van der Waals surface area contributed by atoms with Crippen LogP contribution in [0, 0.1) is 0 Å². The lowest BCUT2D eigenvalue weighted by Crippen LogP contribution is -2.51. The minimum Gasteiger partial charge on any atom is -0.497 e. The van der Waals surface area contributed by atoms with E-state index in [9.17, 15) is 18.0 Å². The molecule has 0 aromatic heterocycles. The van der Waals surface area contributed by atoms with Crippen LogP contribution in [0.2, 0.25) is 10.0 Å². The molecule has 2 amide bonds. The van der Waals surface area contributed by atoms with Crippen LogP contribution < -0.4 is 19.1 Å². The second-order valence-electron chi connectivity index (χ2n) is 9.40. The SMILES string of the molecule is CCCCNC(=O)[C@H](C)N(Cc1c(Cl)cccc1Cl)C(=O)CN(c1cc(OC)ccc1OC)S(=O)(=O)c1ccccc1. The molecule has 0 spiro atoms. The quantitative estimate of drug-likeness (QED) is 0.233. The highest BCUT2D eigenvalue weighted by molar-refractivity contribution is 7.92. The first-order valence-electron chi connectivity index (χ1n) is 13.3. The van der Waals surface area contributed by atoms with E-state index in [-0.39, 0.29) is 22.9 Å². The molecular formula is C30H35Cl2N3O6S. The number of anilines is 1. The van der Waals surface area contributed by atoms with E-state index >= 15 is 0 Å². The lowest BCUT2D eigenvalue weighted by Gasteiger charge is -2.32. The van der Waals surface area contributed by atoms with Gasteiger partial charge in [-0.2, -0.15) is 0 Å². The van der Waals surface area contributed by atoms with Crippen molar-refractivity contribution in [3.05, 3.63) is 82.3 Å². The Morgan fingerprint density at radius 2 is 1.62 bits per heavy atom. The highest BCUT2D eigenvalue weighted by Crippen LogP contribution is 2.36. The Balaban J connectivity index is 2.12. The number of nitrogens with one attached hydrogen (secondary N) is 1. The van der Waals surface area contributed by atoms with Gasteiger partial charge in [-0.05, 0) is 49.7 Å². The number of amides is 2. The van der Waals surface area contributed by atoms with Crippen molar-refractivity contribution in [3.8, 4) is 11.5 Å². The van der Waals surface area contributed by atoms with Crippen molar-refractivity contribution in [2.75, 3.05) is 31.6 Å². The molecule has 0 saturated heterocycles. The van der Waals surface area contributed by atoms with Crippen LogP contribution in [-0.2, 0) is 26.2 Å². The average Bonchev–Trinajstić information content (AvgIpc) is 2.99. The fraction of sp³-hybridized carbons (Fsp3) is 0.333. The maximum absolute atomic E-state index is 14.1. The van der Waals surface area contributed by atoms with Gasteiger partial charge in [0.1, 0.15) is 24.1 Å². The Hall–Kier alpha value is -3.47. The molecule has 9 nitrogen and oxygen atoms in total. The molecule has 0 aliphatic heterocycles. The van der Waals surface area contributed by atoms with Gasteiger partial charge in [0.2, 0.25) is 11.8 Å². The molecule has 42 heavy (non-hydrogen) atoms. The summed E-state index contributed by atoms with van der Waals surface area (Å²) >= 11 is 12.9. The third kappa shape index (κ3) is 7.87. The summed E-state index contributed by atoms with van der Waals surface area (Å²) in [6.07, 6.45) is 1.64. The number of nitrogens with zero attached hydrogens (tertiary/aromatic N) is 2. The molecular weight excluding hydrogens is 601 g/mol. The molecule has 0 saturated carbocycles. The van der Waals surface area contributed by atoms with Gasteiger partial charge >= 0.3 is 0 Å². The number of halogens is 2. The van der Waals surface area contributed by atoms with Crippen LogP contribution in [0.15, 0.2) is 71.6 Å². The zero-order chi connectivity index (χ0) is 30.9. The molecule has 0 fully saturated rings. The van der Waals surface area contributed by atoms with Gasteiger partial charge in [0.05, 0.1) is 24.8 Å². The molecule has 1 N–H and O–H groups in total. The first-order chi connectivity index (χ1) is 20.0. The van der Waals surface area contributed by atoms with Crippen molar-refractivity contribution in [3.63, 3.8) is 0 Å². The topological polar surface area (TPSA) is 105 Å². The fourth-order valence-corrected chi connectivity index (χ4v) is 6.15. The van der Waals surface area contributed by atoms with Crippen molar-refractivity contribution in [1.29, 1.82) is 0 Å². The molecule has 12 heteroatoms. The zero-order valence-electron chi connectivity index (χ0n) is 24.0. The molecule has 0 bridgehead atoms. The maximum Gasteiger partial charge on any atom is 0.264 e. The van der Waals surface area contributed by atoms with E-state index in [4.69, 9.17) is 32.7 Å². The Bertz CT molecular complexity index is 1470. The molecule has 0 radical (unpaired) electrons. The monoisotopic (exact) mass is 635 g/mol. The number of hydrogen-bond acceptors (Lipinski definition) is 6. The lowest BCUT2D eigenvalue weighted by atomic mass is 10.1. The number of unbranched alkanes of at least 4 members (excludes halogenated alkanes) is 1. The van der Waals surface area contributed by atoms with E-state index in [2.05, 4.69) is 5.32 Å². The normalized spacial score (nSPS) is 11.9. The van der Waals surface area contributed by atoms with Crippen molar-refractivity contribution in [1.82, 2.24) is 10.2 Å². The minimum absolute atomic E-state index is 0.0336. The van der Waals surface area contributed by atoms with E-state index < -0.39 is 34.4 Å². The zero-order valence-corrected chi connectivity index (χ0v) is 26.3. The standard InChI is InChI=1S/C30H35Cl2N3O6S/c1-5-6-17-33-30(37)21(2)34(19-24-25(31)13-10-14-26(24)32)29(36)20-35(42(38,39)23-11-8-7-9-12-23)27-18-22(40-3)15-16-28(27)41-4/h7-16,18,21H,5-6,17,19-20H2,1-4H3,(H,33,37)/t21-/m0/s1. The lowest BCUT2D eigenvalue weighted by molar-refractivity contribution is -0.139. The van der Waals surface area contributed by atoms with Crippen LogP contribution in [-0.4, -0.2) is 58.5 Å². The summed E-state index contributed by atoms with van der Waals surface area (Å²) in [6, 6.07) is 16.3. The Labute approximate surface area is 257 Å². The highest BCUT2D eigenvalue weighted by atomic mass is 35.5. The van der Waals surface area contributed by atoms with Crippen LogP contribution in [0.4, 0.5) is 5.69 Å². The van der Waals surface area contributed by atoms with Gasteiger partial charge in [0, 0.05) is 34.8 Å². The molecule has 0 aliphatic carbocycles. The van der Waals surface area contributed by atoms with E-state index in [0.717, 1.165) is 17.1 Å². The van der Waals surface area contributed by atoms with Gasteiger partial charge in [0.25, 0.3) is 10.0 Å². The number of hydrogen-bond donors (Lipinski definition) is 1. The number of carbonyl (C=O) groups excluding carboxylic acids is 2. The number of ether oxygens (including phenoxy) is 2. The van der Waals surface area contributed by atoms with Crippen molar-refractivity contribution in [2.45, 2.75) is 44.2 Å². The van der Waals surface area contributed by atoms with Crippen LogP contribution in [0.1, 0.15) is 32.3 Å². The highest BCUT2D eigenvalue weighted by Gasteiger charge is 2.34. The van der Waals surface area contributed by atoms with Crippen LogP contribution in [0.3, 0.4) is 0 Å². The largest absolute Gasteiger partial charge is 0.497 e. The van der Waals surface area contributed by atoms with E-state index in [0.29, 0.717) is 27.9 Å². The summed E-state index contributed by atoms with van der Waals surface area (Å²) in [5.41, 5.74) is 0.517. The molecule has 1 atom stereocenters. The van der Waals surface area contributed by atoms with Gasteiger partial charge in [0.15, 0.2) is 0 Å². The summed E-state index contributed by atoms with van der Waals surface area (Å²) in [5, 5.41) is 3.46. The van der Waals surface area contributed by atoms with E-state index in [1.807, 2.05) is 6.92 Å². The van der Waals surface area contributed by atoms with E-state index in [1.165, 1.54) is 37.3 Å². The number of sulfonamides is 1. The first-order valence-corrected chi connectivity index (χ1v) is 15.5. The Morgan fingerprint density at radius 1 is 0.952 bits per heavy atom. The van der Waals surface area contributed by atoms with Crippen molar-refractivity contribution < 1.29 is 27.5 Å². The number of rotatable bonds is 14. The molecule has 3 aromatic carbocycles. The van der Waals surface area contributed by atoms with E-state index in [1.54, 1.807) is 55.5 Å². The third-order valence-corrected chi connectivity index (χ3v) is 9.13. The van der Waals surface area contributed by atoms with Crippen molar-refractivity contribution >= 4 is 50.7 Å². The molecule has 0 heterocycles. The first kappa shape index (κ1) is 33.0. The van der Waals surface area contributed by atoms with Crippen molar-refractivity contribution in [2.24, 2.45) is 0 Å². The third-order valence-electron chi connectivity index (χ3n) is 6.65. The Kier molecular flexibility index (Phi) is 11.9. The number of carbonyl (C=O) groups is 2. The second-order valence-corrected chi connectivity index (χ2v) is 12.1. The fourth-order valence-electron chi connectivity index (χ4n) is 4.20. The average molecular weight is 637 g/mol. The summed E-state index contributed by atoms with van der Waals surface area (Å²) in [6.45, 7) is 3.22.